The number of rotatable bonds is 6. The van der Waals surface area contributed by atoms with E-state index in [9.17, 15) is 0 Å². The summed E-state index contributed by atoms with van der Waals surface area (Å²) in [6.07, 6.45) is 3.03. The molecule has 1 aliphatic rings. The molecule has 0 aliphatic heterocycles. The molecule has 2 heteroatoms. The largest absolute Gasteiger partial charge is 0.491 e. The predicted octanol–water partition coefficient (Wildman–Crippen LogP) is 3.53. The fourth-order valence-corrected chi connectivity index (χ4v) is 1.91. The Hall–Kier alpha value is -1.02. The molecule has 0 spiro atoms. The van der Waals surface area contributed by atoms with Crippen molar-refractivity contribution in [3.05, 3.63) is 29.8 Å². The molecule has 17 heavy (non-hydrogen) atoms. The summed E-state index contributed by atoms with van der Waals surface area (Å²) in [5.41, 5.74) is 1.31. The van der Waals surface area contributed by atoms with Crippen molar-refractivity contribution >= 4 is 0 Å². The first-order chi connectivity index (χ1) is 8.15. The van der Waals surface area contributed by atoms with Gasteiger partial charge in [0, 0.05) is 6.04 Å². The number of hydrogen-bond donors (Lipinski definition) is 1. The minimum Gasteiger partial charge on any atom is -0.491 e. The van der Waals surface area contributed by atoms with E-state index >= 15 is 0 Å². The maximum atomic E-state index is 5.72. The molecule has 2 rings (SSSR count). The van der Waals surface area contributed by atoms with Gasteiger partial charge in [0.1, 0.15) is 5.75 Å². The van der Waals surface area contributed by atoms with Gasteiger partial charge in [0.25, 0.3) is 0 Å². The lowest BCUT2D eigenvalue weighted by Gasteiger charge is -2.16. The highest BCUT2D eigenvalue weighted by Crippen LogP contribution is 2.29. The number of nitrogens with one attached hydrogen (secondary N) is 1. The van der Waals surface area contributed by atoms with Gasteiger partial charge in [-0.25, -0.2) is 0 Å². The Bertz CT molecular complexity index is 358. The van der Waals surface area contributed by atoms with E-state index in [0.29, 0.717) is 6.04 Å². The molecular weight excluding hydrogens is 210 g/mol. The summed E-state index contributed by atoms with van der Waals surface area (Å²) in [6, 6.07) is 8.81. The Morgan fingerprint density at radius 2 is 2.06 bits per heavy atom. The van der Waals surface area contributed by atoms with Gasteiger partial charge in [0.15, 0.2) is 0 Å². The topological polar surface area (TPSA) is 21.3 Å². The molecule has 1 fully saturated rings. The van der Waals surface area contributed by atoms with E-state index < -0.39 is 0 Å². The molecule has 1 N–H and O–H groups in total. The van der Waals surface area contributed by atoms with Crippen LogP contribution in [0.15, 0.2) is 24.3 Å². The first-order valence-corrected chi connectivity index (χ1v) is 6.65. The van der Waals surface area contributed by atoms with Crippen molar-refractivity contribution < 1.29 is 4.74 Å². The third-order valence-corrected chi connectivity index (χ3v) is 3.14. The predicted molar refractivity (Wildman–Crippen MR) is 71.3 cm³/mol. The van der Waals surface area contributed by atoms with Crippen molar-refractivity contribution in [2.45, 2.75) is 45.8 Å². The third-order valence-electron chi connectivity index (χ3n) is 3.14. The smallest absolute Gasteiger partial charge is 0.120 e. The van der Waals surface area contributed by atoms with Crippen molar-refractivity contribution in [3.8, 4) is 5.75 Å². The van der Waals surface area contributed by atoms with Crippen LogP contribution < -0.4 is 10.1 Å². The maximum absolute atomic E-state index is 5.72. The first kappa shape index (κ1) is 12.4. The molecule has 1 atom stereocenters. The highest BCUT2D eigenvalue weighted by Gasteiger charge is 2.21. The molecule has 0 bridgehead atoms. The molecule has 1 saturated carbocycles. The fourth-order valence-electron chi connectivity index (χ4n) is 1.91. The van der Waals surface area contributed by atoms with Crippen LogP contribution in [0.5, 0.6) is 5.75 Å². The summed E-state index contributed by atoms with van der Waals surface area (Å²) in [5.74, 6) is 1.89. The minimum absolute atomic E-state index is 0.236. The quantitative estimate of drug-likeness (QED) is 0.811. The summed E-state index contributed by atoms with van der Waals surface area (Å²) >= 11 is 0. The summed E-state index contributed by atoms with van der Waals surface area (Å²) in [7, 11) is 0. The second-order valence-electron chi connectivity index (χ2n) is 5.31. The number of ether oxygens (including phenoxy) is 1. The van der Waals surface area contributed by atoms with Gasteiger partial charge < -0.3 is 10.1 Å². The molecule has 0 amide bonds. The first-order valence-electron chi connectivity index (χ1n) is 6.65. The van der Waals surface area contributed by atoms with Gasteiger partial charge in [0.2, 0.25) is 0 Å². The van der Waals surface area contributed by atoms with Crippen molar-refractivity contribution in [1.82, 2.24) is 5.32 Å². The molecular formula is C15H23NO. The molecule has 0 radical (unpaired) electrons. The van der Waals surface area contributed by atoms with Crippen molar-refractivity contribution in [1.29, 1.82) is 0 Å². The van der Waals surface area contributed by atoms with Gasteiger partial charge in [-0.1, -0.05) is 12.1 Å². The van der Waals surface area contributed by atoms with Crippen LogP contribution in [0.3, 0.4) is 0 Å². The van der Waals surface area contributed by atoms with E-state index in [4.69, 9.17) is 4.74 Å². The molecule has 0 aromatic heterocycles. The zero-order valence-electron chi connectivity index (χ0n) is 11.1. The molecule has 1 unspecified atom stereocenters. The second kappa shape index (κ2) is 5.54. The van der Waals surface area contributed by atoms with Crippen LogP contribution in [0.2, 0.25) is 0 Å². The second-order valence-corrected chi connectivity index (χ2v) is 5.31. The standard InChI is InChI=1S/C15H23NO/c1-11(2)17-15-6-4-5-14(9-15)12(3)16-10-13-7-8-13/h4-6,9,11-13,16H,7-8,10H2,1-3H3. The van der Waals surface area contributed by atoms with Crippen LogP contribution in [0, 0.1) is 5.92 Å². The van der Waals surface area contributed by atoms with E-state index in [-0.39, 0.29) is 6.10 Å². The van der Waals surface area contributed by atoms with Gasteiger partial charge in [-0.3, -0.25) is 0 Å². The lowest BCUT2D eigenvalue weighted by atomic mass is 10.1. The monoisotopic (exact) mass is 233 g/mol. The summed E-state index contributed by atoms with van der Waals surface area (Å²) in [6.45, 7) is 7.48. The minimum atomic E-state index is 0.236. The van der Waals surface area contributed by atoms with Gasteiger partial charge in [0.05, 0.1) is 6.10 Å². The molecule has 1 aromatic carbocycles. The summed E-state index contributed by atoms with van der Waals surface area (Å²) < 4.78 is 5.72. The van der Waals surface area contributed by atoms with E-state index in [1.807, 2.05) is 6.07 Å². The molecule has 2 nitrogen and oxygen atoms in total. The van der Waals surface area contributed by atoms with Crippen LogP contribution in [0.4, 0.5) is 0 Å². The van der Waals surface area contributed by atoms with Crippen LogP contribution in [0.25, 0.3) is 0 Å². The normalized spacial score (nSPS) is 17.2. The Kier molecular flexibility index (Phi) is 4.06. The van der Waals surface area contributed by atoms with Gasteiger partial charge in [-0.2, -0.15) is 0 Å². The molecule has 94 valence electrons. The van der Waals surface area contributed by atoms with E-state index in [0.717, 1.165) is 18.2 Å². The molecule has 1 aliphatic carbocycles. The lowest BCUT2D eigenvalue weighted by Crippen LogP contribution is -2.21. The highest BCUT2D eigenvalue weighted by molar-refractivity contribution is 5.30. The summed E-state index contributed by atoms with van der Waals surface area (Å²) in [5, 5.41) is 3.59. The Morgan fingerprint density at radius 3 is 2.71 bits per heavy atom. The van der Waals surface area contributed by atoms with E-state index in [1.165, 1.54) is 18.4 Å². The van der Waals surface area contributed by atoms with E-state index in [1.54, 1.807) is 0 Å². The van der Waals surface area contributed by atoms with Gasteiger partial charge in [-0.15, -0.1) is 0 Å². The fraction of sp³-hybridized carbons (Fsp3) is 0.600. The zero-order chi connectivity index (χ0) is 12.3. The van der Waals surface area contributed by atoms with Crippen LogP contribution >= 0.6 is 0 Å². The van der Waals surface area contributed by atoms with Crippen molar-refractivity contribution in [3.63, 3.8) is 0 Å². The van der Waals surface area contributed by atoms with Crippen LogP contribution in [-0.2, 0) is 0 Å². The number of hydrogen-bond acceptors (Lipinski definition) is 2. The molecule has 0 saturated heterocycles. The average Bonchev–Trinajstić information content (AvgIpc) is 3.09. The van der Waals surface area contributed by atoms with Crippen molar-refractivity contribution in [2.24, 2.45) is 5.92 Å². The maximum Gasteiger partial charge on any atom is 0.120 e. The van der Waals surface area contributed by atoms with E-state index in [2.05, 4.69) is 44.3 Å². The zero-order valence-corrected chi connectivity index (χ0v) is 11.1. The Morgan fingerprint density at radius 1 is 1.29 bits per heavy atom. The Balaban J connectivity index is 1.93. The van der Waals surface area contributed by atoms with Crippen LogP contribution in [-0.4, -0.2) is 12.6 Å². The molecule has 1 aromatic rings. The highest BCUT2D eigenvalue weighted by atomic mass is 16.5. The average molecular weight is 233 g/mol. The molecule has 0 heterocycles. The number of benzene rings is 1. The lowest BCUT2D eigenvalue weighted by molar-refractivity contribution is 0.242. The van der Waals surface area contributed by atoms with Gasteiger partial charge >= 0.3 is 0 Å². The SMILES string of the molecule is CC(C)Oc1cccc(C(C)NCC2CC2)c1. The summed E-state index contributed by atoms with van der Waals surface area (Å²) in [4.78, 5) is 0. The van der Waals surface area contributed by atoms with Crippen LogP contribution in [0.1, 0.15) is 45.2 Å². The third kappa shape index (κ3) is 4.04. The van der Waals surface area contributed by atoms with Gasteiger partial charge in [-0.05, 0) is 63.8 Å². The Labute approximate surface area is 104 Å². The van der Waals surface area contributed by atoms with Crippen molar-refractivity contribution in [2.75, 3.05) is 6.54 Å².